The number of nitrogens with zero attached hydrogens (tertiary/aromatic N) is 2. The van der Waals surface area contributed by atoms with E-state index in [1.807, 2.05) is 4.57 Å². The lowest BCUT2D eigenvalue weighted by Gasteiger charge is -2.22. The van der Waals surface area contributed by atoms with Crippen LogP contribution in [0.3, 0.4) is 0 Å². The van der Waals surface area contributed by atoms with Crippen molar-refractivity contribution in [3.63, 3.8) is 0 Å². The molecule has 1 heterocycles. The van der Waals surface area contributed by atoms with E-state index >= 15 is 0 Å². The van der Waals surface area contributed by atoms with Crippen LogP contribution in [0, 0.1) is 10.6 Å². The van der Waals surface area contributed by atoms with Gasteiger partial charge in [0.05, 0.1) is 0 Å². The molecule has 0 aliphatic carbocycles. The normalized spacial score (nSPS) is 11.8. The maximum absolute atomic E-state index is 12.9. The molecule has 96 valence electrons. The highest BCUT2D eigenvalue weighted by atomic mass is 32.1. The number of hydrogen-bond donors (Lipinski definition) is 1. The number of rotatable bonds is 2. The first-order chi connectivity index (χ1) is 8.38. The molecule has 2 rings (SSSR count). The summed E-state index contributed by atoms with van der Waals surface area (Å²) in [6.45, 7) is 6.23. The Balaban J connectivity index is 2.36. The van der Waals surface area contributed by atoms with Gasteiger partial charge in [-0.2, -0.15) is 5.10 Å². The van der Waals surface area contributed by atoms with Crippen molar-refractivity contribution in [2.24, 2.45) is 0 Å². The molecule has 0 amide bonds. The van der Waals surface area contributed by atoms with E-state index in [2.05, 4.69) is 31.0 Å². The zero-order chi connectivity index (χ0) is 13.3. The Labute approximate surface area is 111 Å². The Morgan fingerprint density at radius 3 is 2.44 bits per heavy atom. The maximum atomic E-state index is 12.9. The first-order valence-corrected chi connectivity index (χ1v) is 6.20. The third kappa shape index (κ3) is 2.67. The largest absolute Gasteiger partial charge is 0.298 e. The summed E-state index contributed by atoms with van der Waals surface area (Å²) in [5.41, 5.74) is 0.885. The highest BCUT2D eigenvalue weighted by Gasteiger charge is 2.19. The first kappa shape index (κ1) is 13.0. The monoisotopic (exact) mass is 265 g/mol. The molecule has 3 nitrogen and oxygen atoms in total. The van der Waals surface area contributed by atoms with Crippen LogP contribution in [-0.4, -0.2) is 14.8 Å². The number of hydrogen-bond acceptors (Lipinski definition) is 2. The van der Waals surface area contributed by atoms with Crippen LogP contribution in [-0.2, 0) is 12.0 Å². The number of benzene rings is 1. The molecule has 0 bridgehead atoms. The quantitative estimate of drug-likeness (QED) is 0.844. The van der Waals surface area contributed by atoms with E-state index in [4.69, 9.17) is 12.2 Å². The van der Waals surface area contributed by atoms with Crippen molar-refractivity contribution in [2.75, 3.05) is 0 Å². The van der Waals surface area contributed by atoms with E-state index < -0.39 is 0 Å². The zero-order valence-electron chi connectivity index (χ0n) is 10.7. The summed E-state index contributed by atoms with van der Waals surface area (Å²) in [5.74, 6) is 0.632. The molecule has 0 atom stereocenters. The molecule has 0 saturated carbocycles. The summed E-state index contributed by atoms with van der Waals surface area (Å²) >= 11 is 5.24. The minimum Gasteiger partial charge on any atom is -0.298 e. The van der Waals surface area contributed by atoms with E-state index in [0.717, 1.165) is 11.4 Å². The fraction of sp³-hybridized carbons (Fsp3) is 0.385. The van der Waals surface area contributed by atoms with Crippen LogP contribution in [0.1, 0.15) is 32.2 Å². The van der Waals surface area contributed by atoms with Gasteiger partial charge in [-0.3, -0.25) is 9.67 Å². The van der Waals surface area contributed by atoms with Crippen LogP contribution < -0.4 is 0 Å². The fourth-order valence-electron chi connectivity index (χ4n) is 1.92. The average molecular weight is 265 g/mol. The van der Waals surface area contributed by atoms with Gasteiger partial charge in [0, 0.05) is 12.0 Å². The topological polar surface area (TPSA) is 33.6 Å². The number of halogens is 1. The lowest BCUT2D eigenvalue weighted by atomic mass is 10.1. The van der Waals surface area contributed by atoms with E-state index in [1.54, 1.807) is 12.1 Å². The number of H-pyrrole nitrogens is 1. The van der Waals surface area contributed by atoms with Gasteiger partial charge in [0.15, 0.2) is 4.77 Å². The third-order valence-electron chi connectivity index (χ3n) is 2.69. The van der Waals surface area contributed by atoms with Crippen LogP contribution in [0.25, 0.3) is 0 Å². The van der Waals surface area contributed by atoms with E-state index in [0.29, 0.717) is 11.2 Å². The minimum absolute atomic E-state index is 0.126. The van der Waals surface area contributed by atoms with Crippen LogP contribution in [0.2, 0.25) is 0 Å². The lowest BCUT2D eigenvalue weighted by molar-refractivity contribution is 0.380. The molecule has 1 aromatic carbocycles. The molecule has 0 aliphatic heterocycles. The molecule has 18 heavy (non-hydrogen) atoms. The van der Waals surface area contributed by atoms with Crippen LogP contribution in [0.5, 0.6) is 0 Å². The second-order valence-corrected chi connectivity index (χ2v) is 5.64. The van der Waals surface area contributed by atoms with Crippen LogP contribution in [0.15, 0.2) is 24.3 Å². The van der Waals surface area contributed by atoms with Gasteiger partial charge in [0.2, 0.25) is 0 Å². The van der Waals surface area contributed by atoms with Gasteiger partial charge in [-0.05, 0) is 50.7 Å². The van der Waals surface area contributed by atoms with Crippen LogP contribution >= 0.6 is 12.2 Å². The van der Waals surface area contributed by atoms with E-state index in [9.17, 15) is 4.39 Å². The van der Waals surface area contributed by atoms with Crippen molar-refractivity contribution in [3.05, 3.63) is 46.2 Å². The number of nitrogens with one attached hydrogen (secondary N) is 1. The molecule has 1 N–H and O–H groups in total. The SMILES string of the molecule is CC(C)(C)n1c(Cc2ccc(F)cc2)n[nH]c1=S. The van der Waals surface area contributed by atoms with Gasteiger partial charge < -0.3 is 0 Å². The van der Waals surface area contributed by atoms with E-state index in [1.165, 1.54) is 12.1 Å². The molecule has 5 heteroatoms. The lowest BCUT2D eigenvalue weighted by Crippen LogP contribution is -2.24. The van der Waals surface area contributed by atoms with Crippen LogP contribution in [0.4, 0.5) is 4.39 Å². The zero-order valence-corrected chi connectivity index (χ0v) is 11.5. The van der Waals surface area contributed by atoms with Gasteiger partial charge in [0.25, 0.3) is 0 Å². The Kier molecular flexibility index (Phi) is 3.34. The van der Waals surface area contributed by atoms with Crippen molar-refractivity contribution in [1.29, 1.82) is 0 Å². The second kappa shape index (κ2) is 4.65. The first-order valence-electron chi connectivity index (χ1n) is 5.79. The molecule has 1 aromatic heterocycles. The summed E-state index contributed by atoms with van der Waals surface area (Å²) in [4.78, 5) is 0. The highest BCUT2D eigenvalue weighted by molar-refractivity contribution is 7.71. The Morgan fingerprint density at radius 2 is 1.89 bits per heavy atom. The van der Waals surface area contributed by atoms with Crippen molar-refractivity contribution in [3.8, 4) is 0 Å². The average Bonchev–Trinajstić information content (AvgIpc) is 2.63. The Morgan fingerprint density at radius 1 is 1.28 bits per heavy atom. The minimum atomic E-state index is -0.228. The molecule has 0 aliphatic rings. The fourth-order valence-corrected chi connectivity index (χ4v) is 2.35. The van der Waals surface area contributed by atoms with Crippen molar-refractivity contribution in [1.82, 2.24) is 14.8 Å². The predicted molar refractivity (Wildman–Crippen MR) is 71.6 cm³/mol. The number of aromatic amines is 1. The summed E-state index contributed by atoms with van der Waals surface area (Å²) in [5, 5.41) is 7.07. The van der Waals surface area contributed by atoms with Gasteiger partial charge in [-0.1, -0.05) is 12.1 Å². The Hall–Kier alpha value is -1.49. The third-order valence-corrected chi connectivity index (χ3v) is 2.96. The van der Waals surface area contributed by atoms with Gasteiger partial charge >= 0.3 is 0 Å². The second-order valence-electron chi connectivity index (χ2n) is 5.25. The van der Waals surface area contributed by atoms with E-state index in [-0.39, 0.29) is 11.4 Å². The molecular weight excluding hydrogens is 249 g/mol. The molecule has 0 saturated heterocycles. The summed E-state index contributed by atoms with van der Waals surface area (Å²) in [6.07, 6.45) is 0.630. The predicted octanol–water partition coefficient (Wildman–Crippen LogP) is 3.43. The van der Waals surface area contributed by atoms with Crippen molar-refractivity contribution < 1.29 is 4.39 Å². The van der Waals surface area contributed by atoms with Crippen molar-refractivity contribution in [2.45, 2.75) is 32.7 Å². The summed E-state index contributed by atoms with van der Waals surface area (Å²) in [7, 11) is 0. The van der Waals surface area contributed by atoms with Gasteiger partial charge in [0.1, 0.15) is 11.6 Å². The standard InChI is InChI=1S/C13H16FN3S/c1-13(2,3)17-11(15-16-12(17)18)8-9-4-6-10(14)7-5-9/h4-7H,8H2,1-3H3,(H,16,18). The molecule has 0 radical (unpaired) electrons. The Bertz CT molecular complexity index is 590. The molecule has 2 aromatic rings. The number of aromatic nitrogens is 3. The van der Waals surface area contributed by atoms with Gasteiger partial charge in [-0.15, -0.1) is 0 Å². The van der Waals surface area contributed by atoms with Crippen molar-refractivity contribution >= 4 is 12.2 Å². The van der Waals surface area contributed by atoms with Gasteiger partial charge in [-0.25, -0.2) is 4.39 Å². The summed E-state index contributed by atoms with van der Waals surface area (Å²) in [6, 6.07) is 6.44. The molecule has 0 spiro atoms. The molecule has 0 fully saturated rings. The molecule has 0 unspecified atom stereocenters. The molecular formula is C13H16FN3S. The summed E-state index contributed by atoms with van der Waals surface area (Å²) < 4.78 is 15.5. The smallest absolute Gasteiger partial charge is 0.195 e. The highest BCUT2D eigenvalue weighted by Crippen LogP contribution is 2.18. The maximum Gasteiger partial charge on any atom is 0.195 e.